The zero-order valence-electron chi connectivity index (χ0n) is 12.9. The van der Waals surface area contributed by atoms with Gasteiger partial charge in [-0.2, -0.15) is 0 Å². The molecule has 1 aliphatic rings. The van der Waals surface area contributed by atoms with Crippen molar-refractivity contribution in [3.05, 3.63) is 0 Å². The van der Waals surface area contributed by atoms with Crippen molar-refractivity contribution < 1.29 is 14.3 Å². The minimum Gasteiger partial charge on any atom is -0.375 e. The van der Waals surface area contributed by atoms with Crippen LogP contribution in [-0.4, -0.2) is 50.7 Å². The van der Waals surface area contributed by atoms with Crippen LogP contribution in [0, 0.1) is 11.8 Å². The van der Waals surface area contributed by atoms with Gasteiger partial charge >= 0.3 is 0 Å². The Morgan fingerprint density at radius 1 is 1.40 bits per heavy atom. The molecule has 0 aromatic heterocycles. The SMILES string of the molecule is COCC(=O)N[C@H](C(=O)NC1CNCCC1C)C(C)C. The molecule has 6 nitrogen and oxygen atoms in total. The summed E-state index contributed by atoms with van der Waals surface area (Å²) >= 11 is 0. The topological polar surface area (TPSA) is 79.5 Å². The van der Waals surface area contributed by atoms with E-state index >= 15 is 0 Å². The van der Waals surface area contributed by atoms with Crippen LogP contribution in [0.1, 0.15) is 27.2 Å². The lowest BCUT2D eigenvalue weighted by Crippen LogP contribution is -2.57. The highest BCUT2D eigenvalue weighted by Crippen LogP contribution is 2.12. The van der Waals surface area contributed by atoms with Crippen LogP contribution in [0.15, 0.2) is 0 Å². The molecule has 0 bridgehead atoms. The molecule has 0 radical (unpaired) electrons. The maximum absolute atomic E-state index is 12.3. The van der Waals surface area contributed by atoms with Gasteiger partial charge in [-0.3, -0.25) is 9.59 Å². The van der Waals surface area contributed by atoms with Crippen molar-refractivity contribution in [3.8, 4) is 0 Å². The second-order valence-electron chi connectivity index (χ2n) is 5.81. The number of nitrogens with one attached hydrogen (secondary N) is 3. The minimum absolute atomic E-state index is 0.0299. The molecule has 0 aliphatic carbocycles. The molecule has 116 valence electrons. The molecule has 1 rings (SSSR count). The molecule has 20 heavy (non-hydrogen) atoms. The standard InChI is InChI=1S/C14H27N3O3/c1-9(2)13(17-12(18)8-20-4)14(19)16-11-7-15-6-5-10(11)3/h9-11,13,15H,5-8H2,1-4H3,(H,16,19)(H,17,18)/t10?,11?,13-/m0/s1. The molecule has 2 unspecified atom stereocenters. The van der Waals surface area contributed by atoms with Crippen molar-refractivity contribution >= 4 is 11.8 Å². The largest absolute Gasteiger partial charge is 0.375 e. The molecule has 1 heterocycles. The van der Waals surface area contributed by atoms with Crippen LogP contribution in [0.5, 0.6) is 0 Å². The van der Waals surface area contributed by atoms with Crippen LogP contribution in [0.3, 0.4) is 0 Å². The number of methoxy groups -OCH3 is 1. The normalized spacial score (nSPS) is 24.2. The van der Waals surface area contributed by atoms with E-state index in [2.05, 4.69) is 22.9 Å². The fourth-order valence-electron chi connectivity index (χ4n) is 2.34. The van der Waals surface area contributed by atoms with Crippen LogP contribution in [0.2, 0.25) is 0 Å². The van der Waals surface area contributed by atoms with Crippen LogP contribution in [0.25, 0.3) is 0 Å². The molecule has 6 heteroatoms. The van der Waals surface area contributed by atoms with Crippen LogP contribution < -0.4 is 16.0 Å². The Morgan fingerprint density at radius 3 is 2.65 bits per heavy atom. The average molecular weight is 285 g/mol. The summed E-state index contributed by atoms with van der Waals surface area (Å²) in [5.74, 6) is 0.0894. The Labute approximate surface area is 121 Å². The minimum atomic E-state index is -0.522. The summed E-state index contributed by atoms with van der Waals surface area (Å²) in [5, 5.41) is 9.04. The lowest BCUT2D eigenvalue weighted by Gasteiger charge is -2.32. The quantitative estimate of drug-likeness (QED) is 0.636. The molecular formula is C14H27N3O3. The summed E-state index contributed by atoms with van der Waals surface area (Å²) in [7, 11) is 1.46. The summed E-state index contributed by atoms with van der Waals surface area (Å²) in [5.41, 5.74) is 0. The number of rotatable bonds is 6. The van der Waals surface area contributed by atoms with Gasteiger partial charge in [-0.1, -0.05) is 20.8 Å². The fourth-order valence-corrected chi connectivity index (χ4v) is 2.34. The number of hydrogen-bond acceptors (Lipinski definition) is 4. The van der Waals surface area contributed by atoms with Crippen molar-refractivity contribution in [2.24, 2.45) is 11.8 Å². The summed E-state index contributed by atoms with van der Waals surface area (Å²) in [6, 6.07) is -0.399. The van der Waals surface area contributed by atoms with Crippen molar-refractivity contribution in [1.29, 1.82) is 0 Å². The number of hydrogen-bond donors (Lipinski definition) is 3. The van der Waals surface area contributed by atoms with Gasteiger partial charge in [-0.05, 0) is 24.8 Å². The Kier molecular flexibility index (Phi) is 6.95. The Hall–Kier alpha value is -1.14. The monoisotopic (exact) mass is 285 g/mol. The van der Waals surface area contributed by atoms with Crippen molar-refractivity contribution in [3.63, 3.8) is 0 Å². The van der Waals surface area contributed by atoms with E-state index in [4.69, 9.17) is 4.74 Å². The second-order valence-corrected chi connectivity index (χ2v) is 5.81. The lowest BCUT2D eigenvalue weighted by molar-refractivity contribution is -0.132. The van der Waals surface area contributed by atoms with E-state index in [9.17, 15) is 9.59 Å². The van der Waals surface area contributed by atoms with E-state index < -0.39 is 6.04 Å². The molecule has 3 atom stereocenters. The molecule has 1 aliphatic heterocycles. The molecule has 0 aromatic carbocycles. The van der Waals surface area contributed by atoms with Gasteiger partial charge in [0.25, 0.3) is 0 Å². The van der Waals surface area contributed by atoms with Crippen molar-refractivity contribution in [2.75, 3.05) is 26.8 Å². The maximum Gasteiger partial charge on any atom is 0.246 e. The van der Waals surface area contributed by atoms with Gasteiger partial charge in [-0.25, -0.2) is 0 Å². The number of ether oxygens (including phenoxy) is 1. The number of amides is 2. The highest BCUT2D eigenvalue weighted by atomic mass is 16.5. The average Bonchev–Trinajstić information content (AvgIpc) is 2.38. The van der Waals surface area contributed by atoms with E-state index in [1.54, 1.807) is 0 Å². The smallest absolute Gasteiger partial charge is 0.246 e. The van der Waals surface area contributed by atoms with Crippen molar-refractivity contribution in [1.82, 2.24) is 16.0 Å². The van der Waals surface area contributed by atoms with E-state index in [1.807, 2.05) is 13.8 Å². The van der Waals surface area contributed by atoms with Gasteiger partial charge in [0, 0.05) is 19.7 Å². The molecule has 0 saturated carbocycles. The maximum atomic E-state index is 12.3. The first-order chi connectivity index (χ1) is 9.45. The van der Waals surface area contributed by atoms with E-state index in [0.717, 1.165) is 19.5 Å². The predicted molar refractivity (Wildman–Crippen MR) is 77.2 cm³/mol. The number of carbonyl (C=O) groups excluding carboxylic acids is 2. The first-order valence-corrected chi connectivity index (χ1v) is 7.25. The van der Waals surface area contributed by atoms with Crippen molar-refractivity contribution in [2.45, 2.75) is 39.3 Å². The summed E-state index contributed by atoms with van der Waals surface area (Å²) in [6.07, 6.45) is 1.05. The number of piperidine rings is 1. The molecule has 1 fully saturated rings. The van der Waals surface area contributed by atoms with E-state index in [1.165, 1.54) is 7.11 Å². The third kappa shape index (κ3) is 5.09. The summed E-state index contributed by atoms with van der Waals surface area (Å²) < 4.78 is 4.78. The first kappa shape index (κ1) is 16.9. The lowest BCUT2D eigenvalue weighted by atomic mass is 9.94. The zero-order chi connectivity index (χ0) is 15.1. The Bertz CT molecular complexity index is 334. The molecule has 2 amide bonds. The van der Waals surface area contributed by atoms with E-state index in [0.29, 0.717) is 5.92 Å². The van der Waals surface area contributed by atoms with Crippen LogP contribution in [-0.2, 0) is 14.3 Å². The molecule has 0 aromatic rings. The Balaban J connectivity index is 2.57. The third-order valence-electron chi connectivity index (χ3n) is 3.70. The van der Waals surface area contributed by atoms with Gasteiger partial charge in [0.2, 0.25) is 11.8 Å². The van der Waals surface area contributed by atoms with Gasteiger partial charge in [0.1, 0.15) is 12.6 Å². The second kappa shape index (κ2) is 8.21. The summed E-state index contributed by atoms with van der Waals surface area (Å²) in [4.78, 5) is 23.9. The fraction of sp³-hybridized carbons (Fsp3) is 0.857. The zero-order valence-corrected chi connectivity index (χ0v) is 12.9. The highest BCUT2D eigenvalue weighted by molar-refractivity contribution is 5.88. The Morgan fingerprint density at radius 2 is 2.10 bits per heavy atom. The first-order valence-electron chi connectivity index (χ1n) is 7.25. The molecule has 0 spiro atoms. The van der Waals surface area contributed by atoms with Gasteiger partial charge < -0.3 is 20.7 Å². The molecule has 3 N–H and O–H groups in total. The number of carbonyl (C=O) groups is 2. The third-order valence-corrected chi connectivity index (χ3v) is 3.70. The van der Waals surface area contributed by atoms with E-state index in [-0.39, 0.29) is 30.4 Å². The van der Waals surface area contributed by atoms with Crippen LogP contribution in [0.4, 0.5) is 0 Å². The van der Waals surface area contributed by atoms with Gasteiger partial charge in [-0.15, -0.1) is 0 Å². The predicted octanol–water partition coefficient (Wildman–Crippen LogP) is -0.112. The van der Waals surface area contributed by atoms with Crippen LogP contribution >= 0.6 is 0 Å². The van der Waals surface area contributed by atoms with Gasteiger partial charge in [0.15, 0.2) is 0 Å². The highest BCUT2D eigenvalue weighted by Gasteiger charge is 2.28. The molecular weight excluding hydrogens is 258 g/mol. The molecule has 1 saturated heterocycles. The van der Waals surface area contributed by atoms with Gasteiger partial charge in [0.05, 0.1) is 0 Å². The summed E-state index contributed by atoms with van der Waals surface area (Å²) in [6.45, 7) is 7.72.